The number of carbonyl (C=O) groups excluding carboxylic acids is 2. The molecular formula is C78H142NO8+. The summed E-state index contributed by atoms with van der Waals surface area (Å²) in [7, 11) is 5.98. The van der Waals surface area contributed by atoms with Gasteiger partial charge >= 0.3 is 17.9 Å². The van der Waals surface area contributed by atoms with E-state index in [1.54, 1.807) is 0 Å². The zero-order valence-electron chi connectivity index (χ0n) is 57.9. The number of quaternary nitrogens is 1. The molecule has 0 aromatic rings. The standard InChI is InChI=1S/C78H141NO8/c1-6-8-10-12-14-16-18-20-22-24-26-28-30-32-34-35-36-37-38-39-40-41-43-44-46-48-50-52-54-56-58-60-62-64-66-68-75(80)85-72-74(73-86-78(77(82)83)84-71-70-79(3,4)5)87-76(81)69-67-65-63-61-59-57-55-53-51-49-47-45-42-33-31-29-27-25-23-21-19-17-15-13-11-9-7-2/h9,11,15,17,21,23-24,26-27,29,33,42,74,78H,6-8,10,12-14,16,18-20,22,25,28,30-32,34-41,43-73H2,1-5H3/p+1/b11-9-,17-15-,23-21-,26-24-,29-27-,42-33-. The molecule has 0 aliphatic heterocycles. The van der Waals surface area contributed by atoms with Crippen LogP contribution in [0.15, 0.2) is 72.9 Å². The molecule has 0 radical (unpaired) electrons. The van der Waals surface area contributed by atoms with Gasteiger partial charge < -0.3 is 28.5 Å². The predicted octanol–water partition coefficient (Wildman–Crippen LogP) is 23.3. The Labute approximate surface area is 538 Å². The Hall–Kier alpha value is -3.27. The third-order valence-electron chi connectivity index (χ3n) is 16.4. The molecule has 0 amide bonds. The number of allylic oxidation sites excluding steroid dienone is 12. The Bertz CT molecular complexity index is 1660. The summed E-state index contributed by atoms with van der Waals surface area (Å²) in [4.78, 5) is 37.7. The Morgan fingerprint density at radius 3 is 0.989 bits per heavy atom. The Morgan fingerprint density at radius 1 is 0.356 bits per heavy atom. The van der Waals surface area contributed by atoms with Gasteiger partial charge in [-0.2, -0.15) is 0 Å². The van der Waals surface area contributed by atoms with Gasteiger partial charge in [-0.1, -0.05) is 324 Å². The number of aliphatic carboxylic acids is 1. The molecule has 0 saturated carbocycles. The van der Waals surface area contributed by atoms with Crippen molar-refractivity contribution in [2.75, 3.05) is 47.5 Å². The fourth-order valence-electron chi connectivity index (χ4n) is 10.8. The van der Waals surface area contributed by atoms with Crippen molar-refractivity contribution >= 4 is 17.9 Å². The van der Waals surface area contributed by atoms with Crippen molar-refractivity contribution in [2.24, 2.45) is 0 Å². The van der Waals surface area contributed by atoms with Gasteiger partial charge in [0.15, 0.2) is 6.10 Å². The van der Waals surface area contributed by atoms with E-state index < -0.39 is 24.3 Å². The minimum absolute atomic E-state index is 0.182. The number of hydrogen-bond acceptors (Lipinski definition) is 7. The Morgan fingerprint density at radius 2 is 0.655 bits per heavy atom. The topological polar surface area (TPSA) is 108 Å². The molecule has 9 heteroatoms. The maximum absolute atomic E-state index is 13.0. The molecule has 0 aliphatic rings. The van der Waals surface area contributed by atoms with E-state index in [-0.39, 0.29) is 32.2 Å². The molecule has 0 aromatic heterocycles. The van der Waals surface area contributed by atoms with Gasteiger partial charge in [0.05, 0.1) is 34.4 Å². The smallest absolute Gasteiger partial charge is 0.361 e. The SMILES string of the molecule is CC/C=C\C/C=C\C/C=C\C/C=C\C/C=C\CCCCCCCCCCCCCC(=O)OC(COC(=O)CCCCCCCCCCCCCCCCCCCCCCCCC/C=C\CCCCCCCCCC)COC(OCC[N+](C)(C)C)C(=O)O. The molecule has 2 atom stereocenters. The highest BCUT2D eigenvalue weighted by Crippen LogP contribution is 2.19. The van der Waals surface area contributed by atoms with Crippen molar-refractivity contribution in [3.05, 3.63) is 72.9 Å². The first-order valence-corrected chi connectivity index (χ1v) is 37.1. The highest BCUT2D eigenvalue weighted by Gasteiger charge is 2.25. The molecule has 87 heavy (non-hydrogen) atoms. The summed E-state index contributed by atoms with van der Waals surface area (Å²) in [6.07, 6.45) is 88.9. The number of carboxylic acids is 1. The number of likely N-dealkylation sites (N-methyl/N-ethyl adjacent to an activating group) is 1. The van der Waals surface area contributed by atoms with E-state index in [0.29, 0.717) is 17.4 Å². The van der Waals surface area contributed by atoms with Gasteiger partial charge in [0.1, 0.15) is 13.2 Å². The molecule has 0 rings (SSSR count). The second-order valence-corrected chi connectivity index (χ2v) is 26.2. The fraction of sp³-hybridized carbons (Fsp3) is 0.808. The molecule has 2 unspecified atom stereocenters. The van der Waals surface area contributed by atoms with Gasteiger partial charge in [-0.25, -0.2) is 4.79 Å². The maximum Gasteiger partial charge on any atom is 0.361 e. The van der Waals surface area contributed by atoms with Crippen molar-refractivity contribution < 1.29 is 42.9 Å². The quantitative estimate of drug-likeness (QED) is 0.0211. The number of nitrogens with zero attached hydrogens (tertiary/aromatic N) is 1. The van der Waals surface area contributed by atoms with Crippen LogP contribution in [-0.2, 0) is 33.3 Å². The molecule has 0 aliphatic carbocycles. The van der Waals surface area contributed by atoms with Gasteiger partial charge in [0, 0.05) is 12.8 Å². The van der Waals surface area contributed by atoms with E-state index in [1.807, 2.05) is 21.1 Å². The second-order valence-electron chi connectivity index (χ2n) is 26.2. The summed E-state index contributed by atoms with van der Waals surface area (Å²) in [6.45, 7) is 4.81. The second kappa shape index (κ2) is 68.6. The minimum Gasteiger partial charge on any atom is -0.477 e. The van der Waals surface area contributed by atoms with Crippen LogP contribution in [0.1, 0.15) is 348 Å². The lowest BCUT2D eigenvalue weighted by atomic mass is 10.0. The van der Waals surface area contributed by atoms with E-state index in [4.69, 9.17) is 18.9 Å². The summed E-state index contributed by atoms with van der Waals surface area (Å²) < 4.78 is 23.0. The van der Waals surface area contributed by atoms with Gasteiger partial charge in [-0.3, -0.25) is 9.59 Å². The number of hydrogen-bond donors (Lipinski definition) is 1. The van der Waals surface area contributed by atoms with Gasteiger partial charge in [0.2, 0.25) is 0 Å². The largest absolute Gasteiger partial charge is 0.477 e. The maximum atomic E-state index is 13.0. The fourth-order valence-corrected chi connectivity index (χ4v) is 10.8. The van der Waals surface area contributed by atoms with Crippen LogP contribution in [0.4, 0.5) is 0 Å². The summed E-state index contributed by atoms with van der Waals surface area (Å²) in [6, 6.07) is 0. The van der Waals surface area contributed by atoms with Crippen LogP contribution in [0.2, 0.25) is 0 Å². The molecule has 506 valence electrons. The van der Waals surface area contributed by atoms with Gasteiger partial charge in [-0.05, 0) is 83.5 Å². The lowest BCUT2D eigenvalue weighted by Gasteiger charge is -2.25. The average Bonchev–Trinajstić information content (AvgIpc) is 3.56. The first kappa shape index (κ1) is 83.7. The van der Waals surface area contributed by atoms with E-state index >= 15 is 0 Å². The first-order chi connectivity index (χ1) is 42.6. The Balaban J connectivity index is 4.03. The van der Waals surface area contributed by atoms with Crippen LogP contribution >= 0.6 is 0 Å². The zero-order chi connectivity index (χ0) is 63.3. The third kappa shape index (κ3) is 70.1. The number of unbranched alkanes of at least 4 members (excludes halogenated alkanes) is 42. The van der Waals surface area contributed by atoms with E-state index in [2.05, 4.69) is 86.8 Å². The monoisotopic (exact) mass is 1220 g/mol. The molecule has 9 nitrogen and oxygen atoms in total. The van der Waals surface area contributed by atoms with E-state index in [0.717, 1.165) is 77.0 Å². The molecule has 0 fully saturated rings. The number of ether oxygens (including phenoxy) is 4. The van der Waals surface area contributed by atoms with Crippen LogP contribution in [0.5, 0.6) is 0 Å². The molecule has 0 aromatic carbocycles. The summed E-state index contributed by atoms with van der Waals surface area (Å²) in [5.74, 6) is -1.99. The number of carboxylic acid groups (broad SMARTS) is 1. The van der Waals surface area contributed by atoms with Crippen molar-refractivity contribution in [2.45, 2.75) is 360 Å². The van der Waals surface area contributed by atoms with Crippen molar-refractivity contribution in [1.82, 2.24) is 0 Å². The van der Waals surface area contributed by atoms with Gasteiger partial charge in [-0.15, -0.1) is 0 Å². The van der Waals surface area contributed by atoms with Crippen molar-refractivity contribution in [3.63, 3.8) is 0 Å². The first-order valence-electron chi connectivity index (χ1n) is 37.1. The van der Waals surface area contributed by atoms with E-state index in [1.165, 1.54) is 244 Å². The molecule has 1 N–H and O–H groups in total. The number of carbonyl (C=O) groups is 3. The predicted molar refractivity (Wildman–Crippen MR) is 373 cm³/mol. The summed E-state index contributed by atoms with van der Waals surface area (Å²) in [5, 5.41) is 9.76. The summed E-state index contributed by atoms with van der Waals surface area (Å²) >= 11 is 0. The van der Waals surface area contributed by atoms with Crippen LogP contribution in [-0.4, -0.2) is 87.4 Å². The summed E-state index contributed by atoms with van der Waals surface area (Å²) in [5.41, 5.74) is 0. The Kier molecular flexibility index (Phi) is 66.1. The molecule has 0 saturated heterocycles. The molecular weight excluding hydrogens is 1080 g/mol. The van der Waals surface area contributed by atoms with Crippen molar-refractivity contribution in [3.8, 4) is 0 Å². The van der Waals surface area contributed by atoms with Crippen LogP contribution < -0.4 is 0 Å². The van der Waals surface area contributed by atoms with Crippen LogP contribution in [0.25, 0.3) is 0 Å². The lowest BCUT2D eigenvalue weighted by molar-refractivity contribution is -0.870. The highest BCUT2D eigenvalue weighted by molar-refractivity contribution is 5.71. The van der Waals surface area contributed by atoms with Gasteiger partial charge in [0.25, 0.3) is 6.29 Å². The minimum atomic E-state index is -1.51. The molecule has 0 bridgehead atoms. The third-order valence-corrected chi connectivity index (χ3v) is 16.4. The normalized spacial score (nSPS) is 13.1. The number of esters is 2. The molecule has 0 heterocycles. The molecule has 0 spiro atoms. The lowest BCUT2D eigenvalue weighted by Crippen LogP contribution is -2.40. The highest BCUT2D eigenvalue weighted by atomic mass is 16.7. The average molecular weight is 1220 g/mol. The zero-order valence-corrected chi connectivity index (χ0v) is 57.9. The van der Waals surface area contributed by atoms with Crippen LogP contribution in [0.3, 0.4) is 0 Å². The van der Waals surface area contributed by atoms with Crippen LogP contribution in [0, 0.1) is 0 Å². The number of rotatable bonds is 69. The van der Waals surface area contributed by atoms with E-state index in [9.17, 15) is 19.5 Å². The van der Waals surface area contributed by atoms with Crippen molar-refractivity contribution in [1.29, 1.82) is 0 Å².